The summed E-state index contributed by atoms with van der Waals surface area (Å²) in [5, 5.41) is 3.79. The van der Waals surface area contributed by atoms with E-state index in [1.54, 1.807) is 0 Å². The molecule has 0 aliphatic heterocycles. The zero-order valence-electron chi connectivity index (χ0n) is 10.6. The minimum Gasteiger partial charge on any atom is -0.381 e. The molecule has 3 heteroatoms. The number of rotatable bonds is 4. The monoisotopic (exact) mass is 227 g/mol. The van der Waals surface area contributed by atoms with Crippen molar-refractivity contribution in [3.05, 3.63) is 0 Å². The summed E-state index contributed by atoms with van der Waals surface area (Å²) in [6, 6.07) is 1.34. The lowest BCUT2D eigenvalue weighted by atomic mass is 9.92. The van der Waals surface area contributed by atoms with Gasteiger partial charge in [0.1, 0.15) is 0 Å². The van der Waals surface area contributed by atoms with Crippen LogP contribution in [0.1, 0.15) is 44.9 Å². The van der Waals surface area contributed by atoms with Crippen molar-refractivity contribution in [1.82, 2.24) is 5.32 Å². The molecular weight excluding hydrogens is 202 g/mol. The third kappa shape index (κ3) is 3.19. The molecule has 0 radical (unpaired) electrons. The average Bonchev–Trinajstić information content (AvgIpc) is 2.77. The van der Waals surface area contributed by atoms with Crippen LogP contribution in [0.15, 0.2) is 0 Å². The van der Waals surface area contributed by atoms with Crippen molar-refractivity contribution in [2.75, 3.05) is 14.2 Å². The second kappa shape index (κ2) is 5.99. The third-order valence-electron chi connectivity index (χ3n) is 4.15. The molecule has 16 heavy (non-hydrogen) atoms. The first-order valence-electron chi connectivity index (χ1n) is 6.63. The molecule has 0 bridgehead atoms. The molecule has 4 atom stereocenters. The molecule has 2 saturated carbocycles. The van der Waals surface area contributed by atoms with Gasteiger partial charge in [0, 0.05) is 26.3 Å². The Balaban J connectivity index is 1.73. The van der Waals surface area contributed by atoms with E-state index in [0.29, 0.717) is 24.3 Å². The lowest BCUT2D eigenvalue weighted by Gasteiger charge is -2.31. The molecule has 0 aromatic rings. The highest BCUT2D eigenvalue weighted by atomic mass is 16.5. The predicted octanol–water partition coefficient (Wildman–Crippen LogP) is 2.10. The van der Waals surface area contributed by atoms with Gasteiger partial charge in [0.25, 0.3) is 0 Å². The summed E-state index contributed by atoms with van der Waals surface area (Å²) < 4.78 is 10.9. The Morgan fingerprint density at radius 2 is 1.44 bits per heavy atom. The van der Waals surface area contributed by atoms with Gasteiger partial charge in [-0.1, -0.05) is 0 Å². The van der Waals surface area contributed by atoms with Gasteiger partial charge in [0.15, 0.2) is 0 Å². The van der Waals surface area contributed by atoms with E-state index in [9.17, 15) is 0 Å². The van der Waals surface area contributed by atoms with Crippen LogP contribution in [0.2, 0.25) is 0 Å². The number of hydrogen-bond donors (Lipinski definition) is 1. The lowest BCUT2D eigenvalue weighted by molar-refractivity contribution is 0.0561. The van der Waals surface area contributed by atoms with Crippen LogP contribution in [-0.4, -0.2) is 38.5 Å². The van der Waals surface area contributed by atoms with E-state index in [1.807, 2.05) is 14.2 Å². The number of ether oxygens (including phenoxy) is 2. The van der Waals surface area contributed by atoms with Crippen LogP contribution in [0.4, 0.5) is 0 Å². The minimum absolute atomic E-state index is 0.478. The largest absolute Gasteiger partial charge is 0.381 e. The molecule has 4 unspecified atom stereocenters. The topological polar surface area (TPSA) is 30.5 Å². The molecule has 2 fully saturated rings. The van der Waals surface area contributed by atoms with Crippen molar-refractivity contribution in [2.45, 2.75) is 69.2 Å². The van der Waals surface area contributed by atoms with Crippen molar-refractivity contribution in [2.24, 2.45) is 0 Å². The summed E-state index contributed by atoms with van der Waals surface area (Å²) in [5.41, 5.74) is 0. The van der Waals surface area contributed by atoms with Crippen LogP contribution in [0.3, 0.4) is 0 Å². The summed E-state index contributed by atoms with van der Waals surface area (Å²) in [4.78, 5) is 0. The first-order chi connectivity index (χ1) is 7.81. The smallest absolute Gasteiger partial charge is 0.0586 e. The summed E-state index contributed by atoms with van der Waals surface area (Å²) >= 11 is 0. The van der Waals surface area contributed by atoms with Crippen molar-refractivity contribution >= 4 is 0 Å². The summed E-state index contributed by atoms with van der Waals surface area (Å²) in [5.74, 6) is 0. The van der Waals surface area contributed by atoms with Crippen LogP contribution in [0.5, 0.6) is 0 Å². The highest BCUT2D eigenvalue weighted by Crippen LogP contribution is 2.25. The quantitative estimate of drug-likeness (QED) is 0.798. The molecule has 0 heterocycles. The van der Waals surface area contributed by atoms with Crippen molar-refractivity contribution < 1.29 is 9.47 Å². The van der Waals surface area contributed by atoms with E-state index >= 15 is 0 Å². The number of nitrogens with one attached hydrogen (secondary N) is 1. The molecule has 2 aliphatic rings. The molecule has 94 valence electrons. The fraction of sp³-hybridized carbons (Fsp3) is 1.00. The molecule has 2 rings (SSSR count). The number of hydrogen-bond acceptors (Lipinski definition) is 3. The second-order valence-electron chi connectivity index (χ2n) is 5.26. The molecule has 2 aliphatic carbocycles. The predicted molar refractivity (Wildman–Crippen MR) is 64.6 cm³/mol. The zero-order chi connectivity index (χ0) is 11.4. The molecule has 1 N–H and O–H groups in total. The highest BCUT2D eigenvalue weighted by molar-refractivity contribution is 4.86. The van der Waals surface area contributed by atoms with Crippen LogP contribution in [-0.2, 0) is 9.47 Å². The van der Waals surface area contributed by atoms with Crippen molar-refractivity contribution in [3.63, 3.8) is 0 Å². The van der Waals surface area contributed by atoms with Crippen LogP contribution >= 0.6 is 0 Å². The molecule has 0 aromatic carbocycles. The van der Waals surface area contributed by atoms with Gasteiger partial charge in [-0.25, -0.2) is 0 Å². The van der Waals surface area contributed by atoms with E-state index < -0.39 is 0 Å². The van der Waals surface area contributed by atoms with E-state index in [0.717, 1.165) is 0 Å². The third-order valence-corrected chi connectivity index (χ3v) is 4.15. The van der Waals surface area contributed by atoms with Gasteiger partial charge in [0.2, 0.25) is 0 Å². The molecule has 0 aromatic heterocycles. The standard InChI is InChI=1S/C13H25NO2/c1-15-12-5-3-4-10(8-12)14-11-6-7-13(9-11)16-2/h10-14H,3-9H2,1-2H3. The zero-order valence-corrected chi connectivity index (χ0v) is 10.6. The van der Waals surface area contributed by atoms with Crippen LogP contribution < -0.4 is 5.32 Å². The van der Waals surface area contributed by atoms with Gasteiger partial charge in [-0.05, 0) is 44.9 Å². The Kier molecular flexibility index (Phi) is 4.62. The maximum atomic E-state index is 5.46. The molecule has 0 amide bonds. The maximum absolute atomic E-state index is 5.46. The van der Waals surface area contributed by atoms with Gasteiger partial charge in [-0.2, -0.15) is 0 Å². The van der Waals surface area contributed by atoms with Gasteiger partial charge in [-0.15, -0.1) is 0 Å². The minimum atomic E-state index is 0.478. The summed E-state index contributed by atoms with van der Waals surface area (Å²) in [6.07, 6.45) is 9.67. The average molecular weight is 227 g/mol. The molecule has 0 saturated heterocycles. The Labute approximate surface area is 98.9 Å². The Hall–Kier alpha value is -0.120. The fourth-order valence-corrected chi connectivity index (χ4v) is 3.15. The summed E-state index contributed by atoms with van der Waals surface area (Å²) in [6.45, 7) is 0. The van der Waals surface area contributed by atoms with Gasteiger partial charge < -0.3 is 14.8 Å². The van der Waals surface area contributed by atoms with Crippen molar-refractivity contribution in [3.8, 4) is 0 Å². The number of methoxy groups -OCH3 is 2. The van der Waals surface area contributed by atoms with E-state index in [1.165, 1.54) is 44.9 Å². The normalized spacial score (nSPS) is 40.1. The van der Waals surface area contributed by atoms with Gasteiger partial charge in [-0.3, -0.25) is 0 Å². The van der Waals surface area contributed by atoms with E-state index in [-0.39, 0.29) is 0 Å². The SMILES string of the molecule is COC1CCCC(NC2CCC(OC)C2)C1. The van der Waals surface area contributed by atoms with Crippen LogP contribution in [0.25, 0.3) is 0 Å². The van der Waals surface area contributed by atoms with Gasteiger partial charge in [0.05, 0.1) is 12.2 Å². The molecule has 3 nitrogen and oxygen atoms in total. The fourth-order valence-electron chi connectivity index (χ4n) is 3.15. The van der Waals surface area contributed by atoms with Gasteiger partial charge >= 0.3 is 0 Å². The lowest BCUT2D eigenvalue weighted by Crippen LogP contribution is -2.41. The first-order valence-corrected chi connectivity index (χ1v) is 6.63. The second-order valence-corrected chi connectivity index (χ2v) is 5.26. The van der Waals surface area contributed by atoms with E-state index in [4.69, 9.17) is 9.47 Å². The maximum Gasteiger partial charge on any atom is 0.0586 e. The Morgan fingerprint density at radius 1 is 0.812 bits per heavy atom. The molecule has 0 spiro atoms. The summed E-state index contributed by atoms with van der Waals surface area (Å²) in [7, 11) is 3.66. The highest BCUT2D eigenvalue weighted by Gasteiger charge is 2.28. The Morgan fingerprint density at radius 3 is 2.06 bits per heavy atom. The first kappa shape index (κ1) is 12.3. The van der Waals surface area contributed by atoms with Crippen LogP contribution in [0, 0.1) is 0 Å². The van der Waals surface area contributed by atoms with Crippen molar-refractivity contribution in [1.29, 1.82) is 0 Å². The molecular formula is C13H25NO2. The Bertz CT molecular complexity index is 210. The van der Waals surface area contributed by atoms with E-state index in [2.05, 4.69) is 5.32 Å².